The lowest BCUT2D eigenvalue weighted by Crippen LogP contribution is -2.38. The number of pyridine rings is 1. The molecule has 0 spiro atoms. The van der Waals surface area contributed by atoms with E-state index in [4.69, 9.17) is 25.8 Å². The van der Waals surface area contributed by atoms with Crippen LogP contribution >= 0.6 is 11.6 Å². The zero-order chi connectivity index (χ0) is 23.2. The van der Waals surface area contributed by atoms with Crippen LogP contribution in [0.3, 0.4) is 0 Å². The maximum atomic E-state index is 6.32. The quantitative estimate of drug-likeness (QED) is 0.471. The first-order valence-electron chi connectivity index (χ1n) is 11.1. The van der Waals surface area contributed by atoms with Crippen LogP contribution in [0, 0.1) is 0 Å². The Bertz CT molecular complexity index is 1040. The van der Waals surface area contributed by atoms with E-state index in [0.29, 0.717) is 22.6 Å². The smallest absolute Gasteiger partial charge is 0.141 e. The maximum Gasteiger partial charge on any atom is 0.141 e. The Balaban J connectivity index is 1.37. The fourth-order valence-electron chi connectivity index (χ4n) is 4.16. The molecule has 0 unspecified atom stereocenters. The molecule has 0 bridgehead atoms. The third-order valence-electron chi connectivity index (χ3n) is 6.02. The predicted octanol–water partition coefficient (Wildman–Crippen LogP) is 5.50. The normalized spacial score (nSPS) is 14.7. The first-order valence-corrected chi connectivity index (χ1v) is 11.5. The number of nitrogens with zero attached hydrogens (tertiary/aromatic N) is 2. The molecule has 0 aliphatic carbocycles. The Morgan fingerprint density at radius 1 is 0.939 bits per heavy atom. The number of likely N-dealkylation sites (tertiary alicyclic amines) is 1. The summed E-state index contributed by atoms with van der Waals surface area (Å²) in [5.74, 6) is 2.02. The minimum Gasteiger partial charge on any atom is -0.497 e. The van der Waals surface area contributed by atoms with Gasteiger partial charge in [0.05, 0.1) is 27.0 Å². The summed E-state index contributed by atoms with van der Waals surface area (Å²) in [4.78, 5) is 7.06. The molecule has 0 radical (unpaired) electrons. The van der Waals surface area contributed by atoms with Crippen LogP contribution in [0.5, 0.6) is 17.2 Å². The van der Waals surface area contributed by atoms with Gasteiger partial charge in [0.15, 0.2) is 0 Å². The number of anilines is 1. The van der Waals surface area contributed by atoms with Gasteiger partial charge >= 0.3 is 0 Å². The Kier molecular flexibility index (Phi) is 7.57. The molecular formula is C26H30ClN3O3. The van der Waals surface area contributed by atoms with Crippen LogP contribution < -0.4 is 19.5 Å². The maximum absolute atomic E-state index is 6.32. The largest absolute Gasteiger partial charge is 0.497 e. The van der Waals surface area contributed by atoms with E-state index in [-0.39, 0.29) is 0 Å². The molecular weight excluding hydrogens is 438 g/mol. The molecule has 0 saturated carbocycles. The third-order valence-corrected chi connectivity index (χ3v) is 6.39. The number of benzene rings is 2. The van der Waals surface area contributed by atoms with Gasteiger partial charge in [-0.1, -0.05) is 11.6 Å². The summed E-state index contributed by atoms with van der Waals surface area (Å²) in [5.41, 5.74) is 4.16. The molecule has 2 aromatic carbocycles. The molecule has 174 valence electrons. The summed E-state index contributed by atoms with van der Waals surface area (Å²) >= 11 is 6.32. The van der Waals surface area contributed by atoms with Crippen molar-refractivity contribution < 1.29 is 14.2 Å². The second kappa shape index (κ2) is 10.8. The molecule has 1 N–H and O–H groups in total. The van der Waals surface area contributed by atoms with Crippen LogP contribution in [0.2, 0.25) is 5.02 Å². The van der Waals surface area contributed by atoms with E-state index in [1.807, 2.05) is 30.5 Å². The highest BCUT2D eigenvalue weighted by molar-refractivity contribution is 6.33. The second-order valence-electron chi connectivity index (χ2n) is 8.17. The molecule has 6 nitrogen and oxygen atoms in total. The fourth-order valence-corrected chi connectivity index (χ4v) is 4.43. The molecule has 1 aliphatic rings. The topological polar surface area (TPSA) is 55.9 Å². The van der Waals surface area contributed by atoms with Gasteiger partial charge in [-0.15, -0.1) is 0 Å². The van der Waals surface area contributed by atoms with Crippen molar-refractivity contribution in [3.8, 4) is 28.5 Å². The van der Waals surface area contributed by atoms with Gasteiger partial charge in [-0.05, 0) is 66.9 Å². The van der Waals surface area contributed by atoms with E-state index < -0.39 is 0 Å². The lowest BCUT2D eigenvalue weighted by Gasteiger charge is -2.33. The fraction of sp³-hybridized carbons (Fsp3) is 0.346. The van der Waals surface area contributed by atoms with Crippen LogP contribution in [0.25, 0.3) is 11.3 Å². The van der Waals surface area contributed by atoms with Crippen molar-refractivity contribution in [1.82, 2.24) is 9.88 Å². The summed E-state index contributed by atoms with van der Waals surface area (Å²) in [6, 6.07) is 16.6. The Morgan fingerprint density at radius 3 is 2.21 bits per heavy atom. The van der Waals surface area contributed by atoms with Crippen molar-refractivity contribution in [2.24, 2.45) is 0 Å². The van der Waals surface area contributed by atoms with Gasteiger partial charge in [0.1, 0.15) is 22.3 Å². The molecule has 33 heavy (non-hydrogen) atoms. The number of hydrogen-bond acceptors (Lipinski definition) is 6. The lowest BCUT2D eigenvalue weighted by molar-refractivity contribution is 0.211. The van der Waals surface area contributed by atoms with Crippen LogP contribution in [0.15, 0.2) is 54.7 Å². The van der Waals surface area contributed by atoms with E-state index in [1.165, 1.54) is 5.56 Å². The molecule has 2 heterocycles. The van der Waals surface area contributed by atoms with Gasteiger partial charge in [0, 0.05) is 43.1 Å². The average molecular weight is 468 g/mol. The van der Waals surface area contributed by atoms with Gasteiger partial charge in [-0.2, -0.15) is 0 Å². The van der Waals surface area contributed by atoms with Crippen molar-refractivity contribution in [2.45, 2.75) is 25.4 Å². The highest BCUT2D eigenvalue weighted by atomic mass is 35.5. The summed E-state index contributed by atoms with van der Waals surface area (Å²) in [6.45, 7) is 2.99. The molecule has 0 atom stereocenters. The van der Waals surface area contributed by atoms with Gasteiger partial charge in [-0.25, -0.2) is 0 Å². The molecule has 1 aromatic heterocycles. The number of ether oxygens (including phenoxy) is 3. The SMILES string of the molecule is COc1ccc(NC2CCN(Cc3ccnc(-c4cc(OC)c(Cl)c(OC)c4)c3)CC2)cc1. The Labute approximate surface area is 200 Å². The third kappa shape index (κ3) is 5.70. The zero-order valence-electron chi connectivity index (χ0n) is 19.3. The number of hydrogen-bond donors (Lipinski definition) is 1. The van der Waals surface area contributed by atoms with Crippen LogP contribution in [-0.2, 0) is 6.54 Å². The number of methoxy groups -OCH3 is 3. The average Bonchev–Trinajstić information content (AvgIpc) is 2.86. The zero-order valence-corrected chi connectivity index (χ0v) is 20.1. The van der Waals surface area contributed by atoms with Gasteiger partial charge in [-0.3, -0.25) is 9.88 Å². The molecule has 4 rings (SSSR count). The van der Waals surface area contributed by atoms with Crippen LogP contribution in [0.1, 0.15) is 18.4 Å². The second-order valence-corrected chi connectivity index (χ2v) is 8.55. The molecule has 7 heteroatoms. The van der Waals surface area contributed by atoms with E-state index in [2.05, 4.69) is 39.5 Å². The van der Waals surface area contributed by atoms with Crippen LogP contribution in [0.4, 0.5) is 5.69 Å². The van der Waals surface area contributed by atoms with Crippen molar-refractivity contribution in [1.29, 1.82) is 0 Å². The van der Waals surface area contributed by atoms with Gasteiger partial charge in [0.2, 0.25) is 0 Å². The summed E-state index contributed by atoms with van der Waals surface area (Å²) in [6.07, 6.45) is 4.07. The number of piperidine rings is 1. The van der Waals surface area contributed by atoms with E-state index >= 15 is 0 Å². The standard InChI is InChI=1S/C26H30ClN3O3/c1-31-22-6-4-20(5-7-22)29-21-9-12-30(13-10-21)17-18-8-11-28-23(14-18)19-15-24(32-2)26(27)25(16-19)33-3/h4-8,11,14-16,21,29H,9-10,12-13,17H2,1-3H3. The van der Waals surface area contributed by atoms with Crippen molar-refractivity contribution in [2.75, 3.05) is 39.7 Å². The number of halogens is 1. The monoisotopic (exact) mass is 467 g/mol. The first-order chi connectivity index (χ1) is 16.1. The summed E-state index contributed by atoms with van der Waals surface area (Å²) in [7, 11) is 4.88. The van der Waals surface area contributed by atoms with Gasteiger partial charge < -0.3 is 19.5 Å². The van der Waals surface area contributed by atoms with Crippen molar-refractivity contribution in [3.05, 3.63) is 65.3 Å². The number of nitrogens with one attached hydrogen (secondary N) is 1. The minimum absolute atomic E-state index is 0.464. The molecule has 3 aromatic rings. The summed E-state index contributed by atoms with van der Waals surface area (Å²) in [5, 5.41) is 4.11. The predicted molar refractivity (Wildman–Crippen MR) is 133 cm³/mol. The minimum atomic E-state index is 0.464. The molecule has 0 amide bonds. The highest BCUT2D eigenvalue weighted by Gasteiger charge is 2.20. The van der Waals surface area contributed by atoms with Crippen molar-refractivity contribution in [3.63, 3.8) is 0 Å². The van der Waals surface area contributed by atoms with Crippen LogP contribution in [-0.4, -0.2) is 50.3 Å². The van der Waals surface area contributed by atoms with E-state index in [1.54, 1.807) is 21.3 Å². The van der Waals surface area contributed by atoms with E-state index in [9.17, 15) is 0 Å². The summed E-state index contributed by atoms with van der Waals surface area (Å²) < 4.78 is 16.0. The molecule has 1 aliphatic heterocycles. The molecule has 1 saturated heterocycles. The number of rotatable bonds is 8. The molecule has 1 fully saturated rings. The van der Waals surface area contributed by atoms with Gasteiger partial charge in [0.25, 0.3) is 0 Å². The highest BCUT2D eigenvalue weighted by Crippen LogP contribution is 2.38. The first kappa shape index (κ1) is 23.2. The van der Waals surface area contributed by atoms with Crippen molar-refractivity contribution >= 4 is 17.3 Å². The lowest BCUT2D eigenvalue weighted by atomic mass is 10.0. The Hall–Kier alpha value is -2.96. The van der Waals surface area contributed by atoms with E-state index in [0.717, 1.165) is 55.2 Å². The Morgan fingerprint density at radius 2 is 1.61 bits per heavy atom. The number of aromatic nitrogens is 1.